The highest BCUT2D eigenvalue weighted by Gasteiger charge is 2.20. The summed E-state index contributed by atoms with van der Waals surface area (Å²) in [4.78, 5) is 25.1. The molecule has 0 saturated carbocycles. The van der Waals surface area contributed by atoms with Gasteiger partial charge in [-0.3, -0.25) is 9.36 Å². The van der Waals surface area contributed by atoms with Crippen LogP contribution in [0.15, 0.2) is 109 Å². The number of phosphoric acid groups is 1. The van der Waals surface area contributed by atoms with Crippen LogP contribution in [0.3, 0.4) is 0 Å². The highest BCUT2D eigenvalue weighted by atomic mass is 31.2. The van der Waals surface area contributed by atoms with Crippen LogP contribution in [0.4, 0.5) is 0 Å². The number of carbonyl (C=O) groups excluding carboxylic acids is 1. The Morgan fingerprint density at radius 2 is 0.935 bits per heavy atom. The predicted molar refractivity (Wildman–Crippen MR) is 263 cm³/mol. The van der Waals surface area contributed by atoms with Gasteiger partial charge in [0.1, 0.15) is 19.3 Å². The molecule has 0 radical (unpaired) electrons. The third kappa shape index (κ3) is 48.2. The first kappa shape index (κ1) is 59.2. The number of carbonyl (C=O) groups is 1. The third-order valence-corrected chi connectivity index (χ3v) is 10.5. The van der Waals surface area contributed by atoms with E-state index in [4.69, 9.17) is 18.5 Å². The smallest absolute Gasteiger partial charge is 0.306 e. The SMILES string of the molecule is CC/C=C\C/C=C\C/C=C\C/C=C\C/C=C\C/C=C\C/C=C\CCCCOCC(COP(=O)([O-])OCC[N+](C)(C)C)OC(=O)CCCCCCC/C=C\C/C=C\CCCCCC. The standard InChI is InChI=1S/C53H90NO7P/c1-6-8-10-12-14-16-18-20-22-24-25-26-27-28-29-30-31-33-35-37-39-41-43-45-48-58-50-52(51-60-62(56,57)59-49-47-54(3,4)5)61-53(55)46-44-42-40-38-36-34-32-23-21-19-17-15-13-11-9-7-2/h8,10,14,16-17,19-20,22-23,25-26,28-29,31-33,37,39,52H,6-7,9,11-13,15,18,21,24,27,30,34-36,38,40-51H2,1-5H3/b10-8-,16-14-,19-17-,22-20-,26-25-,29-28-,32-23-,33-31-,39-37-. The van der Waals surface area contributed by atoms with E-state index in [1.807, 2.05) is 21.1 Å². The van der Waals surface area contributed by atoms with Gasteiger partial charge in [-0.25, -0.2) is 0 Å². The van der Waals surface area contributed by atoms with Gasteiger partial charge in [0.2, 0.25) is 0 Å². The molecular weight excluding hydrogens is 794 g/mol. The maximum atomic E-state index is 12.7. The van der Waals surface area contributed by atoms with Gasteiger partial charge in [0.05, 0.1) is 34.4 Å². The van der Waals surface area contributed by atoms with Crippen molar-refractivity contribution in [3.63, 3.8) is 0 Å². The Labute approximate surface area is 380 Å². The zero-order valence-corrected chi connectivity index (χ0v) is 40.9. The van der Waals surface area contributed by atoms with E-state index in [9.17, 15) is 14.3 Å². The van der Waals surface area contributed by atoms with Gasteiger partial charge in [0.25, 0.3) is 7.82 Å². The second-order valence-electron chi connectivity index (χ2n) is 16.7. The molecule has 0 heterocycles. The topological polar surface area (TPSA) is 94.1 Å². The Kier molecular flexibility index (Phi) is 42.7. The zero-order chi connectivity index (χ0) is 45.5. The highest BCUT2D eigenvalue weighted by molar-refractivity contribution is 7.45. The Hall–Kier alpha value is -2.84. The number of ether oxygens (including phenoxy) is 2. The molecular formula is C53H90NO7P. The normalized spacial score (nSPS) is 14.6. The lowest BCUT2D eigenvalue weighted by Gasteiger charge is -2.28. The second-order valence-corrected chi connectivity index (χ2v) is 18.1. The molecule has 8 nitrogen and oxygen atoms in total. The summed E-state index contributed by atoms with van der Waals surface area (Å²) in [5.74, 6) is -0.368. The Balaban J connectivity index is 4.33. The summed E-state index contributed by atoms with van der Waals surface area (Å²) in [7, 11) is 1.30. The van der Waals surface area contributed by atoms with E-state index in [2.05, 4.69) is 123 Å². The molecule has 0 amide bonds. The highest BCUT2D eigenvalue weighted by Crippen LogP contribution is 2.38. The van der Waals surface area contributed by atoms with Gasteiger partial charge in [-0.1, -0.05) is 162 Å². The molecule has 0 fully saturated rings. The number of hydrogen-bond donors (Lipinski definition) is 0. The molecule has 0 rings (SSSR count). The van der Waals surface area contributed by atoms with Crippen LogP contribution in [0.1, 0.15) is 162 Å². The molecule has 0 N–H and O–H groups in total. The van der Waals surface area contributed by atoms with Gasteiger partial charge in [0, 0.05) is 13.0 Å². The van der Waals surface area contributed by atoms with E-state index in [0.29, 0.717) is 17.6 Å². The van der Waals surface area contributed by atoms with Crippen LogP contribution in [0.25, 0.3) is 0 Å². The Morgan fingerprint density at radius 1 is 0.516 bits per heavy atom. The number of allylic oxidation sites excluding steroid dienone is 18. The lowest BCUT2D eigenvalue weighted by Crippen LogP contribution is -2.37. The average molecular weight is 884 g/mol. The fourth-order valence-corrected chi connectivity index (χ4v) is 6.58. The van der Waals surface area contributed by atoms with Gasteiger partial charge in [0.15, 0.2) is 0 Å². The third-order valence-electron chi connectivity index (χ3n) is 9.56. The van der Waals surface area contributed by atoms with Crippen molar-refractivity contribution in [2.75, 3.05) is 54.1 Å². The molecule has 0 spiro atoms. The van der Waals surface area contributed by atoms with Gasteiger partial charge >= 0.3 is 5.97 Å². The first-order chi connectivity index (χ1) is 30.1. The zero-order valence-electron chi connectivity index (χ0n) is 40.0. The van der Waals surface area contributed by atoms with Crippen molar-refractivity contribution >= 4 is 13.8 Å². The molecule has 0 aromatic carbocycles. The van der Waals surface area contributed by atoms with Gasteiger partial charge in [-0.2, -0.15) is 0 Å². The molecule has 0 aromatic heterocycles. The Morgan fingerprint density at radius 3 is 1.40 bits per heavy atom. The predicted octanol–water partition coefficient (Wildman–Crippen LogP) is 14.1. The first-order valence-corrected chi connectivity index (χ1v) is 25.6. The summed E-state index contributed by atoms with van der Waals surface area (Å²) < 4.78 is 34.6. The van der Waals surface area contributed by atoms with Crippen LogP contribution >= 0.6 is 7.82 Å². The number of unbranched alkanes of at least 4 members (excludes halogenated alkanes) is 11. The fourth-order valence-electron chi connectivity index (χ4n) is 5.85. The number of quaternary nitrogens is 1. The van der Waals surface area contributed by atoms with Crippen molar-refractivity contribution in [2.45, 2.75) is 168 Å². The van der Waals surface area contributed by atoms with Gasteiger partial charge in [-0.05, 0) is 103 Å². The average Bonchev–Trinajstić information content (AvgIpc) is 3.23. The molecule has 354 valence electrons. The number of phosphoric ester groups is 1. The van der Waals surface area contributed by atoms with Crippen molar-refractivity contribution in [3.05, 3.63) is 109 Å². The molecule has 0 aliphatic carbocycles. The maximum absolute atomic E-state index is 12.7. The van der Waals surface area contributed by atoms with E-state index in [1.165, 1.54) is 32.1 Å². The molecule has 0 saturated heterocycles. The van der Waals surface area contributed by atoms with Crippen molar-refractivity contribution in [1.82, 2.24) is 0 Å². The number of nitrogens with zero attached hydrogens (tertiary/aromatic N) is 1. The van der Waals surface area contributed by atoms with E-state index in [-0.39, 0.29) is 32.2 Å². The molecule has 2 unspecified atom stereocenters. The Bertz CT molecular complexity index is 1350. The number of hydrogen-bond acceptors (Lipinski definition) is 7. The molecule has 0 aliphatic rings. The summed E-state index contributed by atoms with van der Waals surface area (Å²) in [6.45, 7) is 5.11. The molecule has 0 aromatic rings. The fraction of sp³-hybridized carbons (Fsp3) is 0.642. The quantitative estimate of drug-likeness (QED) is 0.0198. The van der Waals surface area contributed by atoms with Crippen LogP contribution in [0.5, 0.6) is 0 Å². The number of likely N-dealkylation sites (N-methyl/N-ethyl adjacent to an activating group) is 1. The molecule has 9 heteroatoms. The minimum atomic E-state index is -4.55. The monoisotopic (exact) mass is 884 g/mol. The molecule has 0 aliphatic heterocycles. The van der Waals surface area contributed by atoms with Crippen LogP contribution in [0.2, 0.25) is 0 Å². The molecule has 2 atom stereocenters. The van der Waals surface area contributed by atoms with Gasteiger partial charge in [-0.15, -0.1) is 0 Å². The van der Waals surface area contributed by atoms with E-state index in [1.54, 1.807) is 0 Å². The lowest BCUT2D eigenvalue weighted by atomic mass is 10.1. The minimum Gasteiger partial charge on any atom is -0.756 e. The van der Waals surface area contributed by atoms with Crippen LogP contribution < -0.4 is 4.89 Å². The van der Waals surface area contributed by atoms with Crippen LogP contribution in [-0.2, 0) is 27.9 Å². The molecule has 0 bridgehead atoms. The summed E-state index contributed by atoms with van der Waals surface area (Å²) >= 11 is 0. The van der Waals surface area contributed by atoms with Gasteiger partial charge < -0.3 is 27.9 Å². The van der Waals surface area contributed by atoms with E-state index >= 15 is 0 Å². The lowest BCUT2D eigenvalue weighted by molar-refractivity contribution is -0.870. The summed E-state index contributed by atoms with van der Waals surface area (Å²) in [6.07, 6.45) is 62.6. The summed E-state index contributed by atoms with van der Waals surface area (Å²) in [5, 5.41) is 0. The van der Waals surface area contributed by atoms with E-state index in [0.717, 1.165) is 109 Å². The van der Waals surface area contributed by atoms with Crippen molar-refractivity contribution in [1.29, 1.82) is 0 Å². The van der Waals surface area contributed by atoms with Crippen molar-refractivity contribution < 1.29 is 37.3 Å². The van der Waals surface area contributed by atoms with E-state index < -0.39 is 13.9 Å². The van der Waals surface area contributed by atoms with Crippen LogP contribution in [-0.4, -0.2) is 70.7 Å². The van der Waals surface area contributed by atoms with Crippen molar-refractivity contribution in [2.24, 2.45) is 0 Å². The van der Waals surface area contributed by atoms with Crippen LogP contribution in [0, 0.1) is 0 Å². The van der Waals surface area contributed by atoms with Crippen molar-refractivity contribution in [3.8, 4) is 0 Å². The summed E-state index contributed by atoms with van der Waals surface area (Å²) in [6, 6.07) is 0. The number of rotatable bonds is 43. The maximum Gasteiger partial charge on any atom is 0.306 e. The molecule has 62 heavy (non-hydrogen) atoms. The summed E-state index contributed by atoms with van der Waals surface area (Å²) in [5.41, 5.74) is 0. The largest absolute Gasteiger partial charge is 0.756 e. The first-order valence-electron chi connectivity index (χ1n) is 24.1. The minimum absolute atomic E-state index is 0.00789. The second kappa shape index (κ2) is 44.8. The number of esters is 1.